The molecule has 1 unspecified atom stereocenters. The minimum atomic E-state index is -0.577. The molecule has 0 aromatic heterocycles. The lowest BCUT2D eigenvalue weighted by atomic mass is 9.48. The van der Waals surface area contributed by atoms with Gasteiger partial charge in [0.2, 0.25) is 0 Å². The van der Waals surface area contributed by atoms with E-state index in [1.807, 2.05) is 19.9 Å². The van der Waals surface area contributed by atoms with Crippen molar-refractivity contribution < 1.29 is 28.6 Å². The van der Waals surface area contributed by atoms with E-state index in [0.717, 1.165) is 43.3 Å². The van der Waals surface area contributed by atoms with Gasteiger partial charge in [0.05, 0.1) is 0 Å². The molecule has 6 nitrogen and oxygen atoms in total. The van der Waals surface area contributed by atoms with E-state index in [9.17, 15) is 14.4 Å². The first-order valence-electron chi connectivity index (χ1n) is 11.6. The van der Waals surface area contributed by atoms with E-state index >= 15 is 0 Å². The summed E-state index contributed by atoms with van der Waals surface area (Å²) in [6, 6.07) is 0. The zero-order chi connectivity index (χ0) is 24.3. The van der Waals surface area contributed by atoms with E-state index < -0.39 is 12.2 Å². The average Bonchev–Trinajstić information content (AvgIpc) is 2.62. The van der Waals surface area contributed by atoms with Crippen LogP contribution < -0.4 is 0 Å². The number of allylic oxidation sites excluding steroid dienone is 2. The van der Waals surface area contributed by atoms with Crippen LogP contribution in [0.1, 0.15) is 87.5 Å². The van der Waals surface area contributed by atoms with Gasteiger partial charge in [-0.25, -0.2) is 0 Å². The van der Waals surface area contributed by atoms with Crippen molar-refractivity contribution in [3.63, 3.8) is 0 Å². The first-order chi connectivity index (χ1) is 14.8. The molecule has 32 heavy (non-hydrogen) atoms. The molecule has 4 atom stereocenters. The molecule has 0 aromatic rings. The maximum atomic E-state index is 12.1. The zero-order valence-corrected chi connectivity index (χ0v) is 21.0. The molecule has 0 aromatic carbocycles. The Labute approximate surface area is 192 Å². The summed E-state index contributed by atoms with van der Waals surface area (Å²) in [6.45, 7) is 15.3. The molecular weight excluding hydrogens is 408 g/mol. The van der Waals surface area contributed by atoms with Crippen molar-refractivity contribution in [1.29, 1.82) is 0 Å². The molecule has 2 rings (SSSR count). The topological polar surface area (TPSA) is 78.9 Å². The van der Waals surface area contributed by atoms with Crippen molar-refractivity contribution >= 4 is 17.9 Å². The number of fused-ring (bicyclic) bond motifs is 1. The Balaban J connectivity index is 2.48. The van der Waals surface area contributed by atoms with E-state index in [0.29, 0.717) is 0 Å². The highest BCUT2D eigenvalue weighted by Gasteiger charge is 2.59. The summed E-state index contributed by atoms with van der Waals surface area (Å²) in [7, 11) is 0. The lowest BCUT2D eigenvalue weighted by Crippen LogP contribution is -2.58. The molecule has 1 saturated carbocycles. The Morgan fingerprint density at radius 3 is 2.16 bits per heavy atom. The van der Waals surface area contributed by atoms with Gasteiger partial charge in [-0.1, -0.05) is 38.3 Å². The Morgan fingerprint density at radius 1 is 0.969 bits per heavy atom. The van der Waals surface area contributed by atoms with Gasteiger partial charge in [0, 0.05) is 26.7 Å². The SMILES string of the molecule is CC(=O)OC/C=C(/C)CCC1=C(C)[C@H](OC(C)=O)[C@@H](OC(C)=O)C2C(C)(C)CCC[C@]12C. The number of hydrogen-bond acceptors (Lipinski definition) is 6. The molecular formula is C26H40O6. The molecule has 1 fully saturated rings. The number of rotatable bonds is 7. The Bertz CT molecular complexity index is 805. The normalized spacial score (nSPS) is 29.8. The minimum absolute atomic E-state index is 0.0426. The van der Waals surface area contributed by atoms with Crippen LogP contribution in [0, 0.1) is 16.7 Å². The van der Waals surface area contributed by atoms with Crippen molar-refractivity contribution in [2.45, 2.75) is 99.7 Å². The average molecular weight is 449 g/mol. The van der Waals surface area contributed by atoms with Crippen LogP contribution in [-0.4, -0.2) is 36.7 Å². The van der Waals surface area contributed by atoms with Gasteiger partial charge in [-0.3, -0.25) is 14.4 Å². The maximum absolute atomic E-state index is 12.1. The number of esters is 3. The third-order valence-electron chi connectivity index (χ3n) is 7.35. The van der Waals surface area contributed by atoms with Crippen LogP contribution in [0.3, 0.4) is 0 Å². The second-order valence-electron chi connectivity index (χ2n) is 10.4. The Morgan fingerprint density at radius 2 is 1.59 bits per heavy atom. The molecule has 0 amide bonds. The van der Waals surface area contributed by atoms with Crippen LogP contribution in [0.5, 0.6) is 0 Å². The molecule has 0 aliphatic heterocycles. The first-order valence-corrected chi connectivity index (χ1v) is 11.6. The van der Waals surface area contributed by atoms with Gasteiger partial charge in [0.1, 0.15) is 12.7 Å². The zero-order valence-electron chi connectivity index (χ0n) is 21.0. The van der Waals surface area contributed by atoms with Gasteiger partial charge in [-0.15, -0.1) is 0 Å². The van der Waals surface area contributed by atoms with Crippen molar-refractivity contribution in [3.05, 3.63) is 22.8 Å². The van der Waals surface area contributed by atoms with Crippen molar-refractivity contribution in [2.24, 2.45) is 16.7 Å². The smallest absolute Gasteiger partial charge is 0.303 e. The second-order valence-corrected chi connectivity index (χ2v) is 10.4. The van der Waals surface area contributed by atoms with E-state index in [-0.39, 0.29) is 41.3 Å². The van der Waals surface area contributed by atoms with Crippen LogP contribution >= 0.6 is 0 Å². The lowest BCUT2D eigenvalue weighted by molar-refractivity contribution is -0.184. The van der Waals surface area contributed by atoms with Gasteiger partial charge < -0.3 is 14.2 Å². The highest BCUT2D eigenvalue weighted by Crippen LogP contribution is 2.61. The van der Waals surface area contributed by atoms with E-state index in [1.165, 1.54) is 26.3 Å². The van der Waals surface area contributed by atoms with Crippen molar-refractivity contribution in [2.75, 3.05) is 6.61 Å². The predicted octanol–water partition coefficient (Wildman–Crippen LogP) is 5.30. The van der Waals surface area contributed by atoms with Gasteiger partial charge in [0.25, 0.3) is 0 Å². The lowest BCUT2D eigenvalue weighted by Gasteiger charge is -2.58. The highest BCUT2D eigenvalue weighted by atomic mass is 16.6. The van der Waals surface area contributed by atoms with Crippen molar-refractivity contribution in [3.8, 4) is 0 Å². The Kier molecular flexibility index (Phi) is 8.35. The standard InChI is InChI=1S/C26H40O6/c1-16(12-15-30-18(3)27)10-11-21-17(2)22(31-19(4)28)23(32-20(5)29)24-25(6,7)13-9-14-26(21,24)8/h12,22-24H,9-11,13-15H2,1-8H3/b16-12-/t22-,23+,24?,26+/m0/s1. The van der Waals surface area contributed by atoms with Crippen LogP contribution in [0.2, 0.25) is 0 Å². The second kappa shape index (κ2) is 10.2. The van der Waals surface area contributed by atoms with E-state index in [2.05, 4.69) is 20.8 Å². The molecule has 0 bridgehead atoms. The molecule has 0 radical (unpaired) electrons. The molecule has 0 N–H and O–H groups in total. The fourth-order valence-electron chi connectivity index (χ4n) is 6.14. The van der Waals surface area contributed by atoms with Gasteiger partial charge >= 0.3 is 17.9 Å². The quantitative estimate of drug-likeness (QED) is 0.299. The van der Waals surface area contributed by atoms with Crippen LogP contribution in [0.25, 0.3) is 0 Å². The number of ether oxygens (including phenoxy) is 3. The van der Waals surface area contributed by atoms with Crippen molar-refractivity contribution in [1.82, 2.24) is 0 Å². The molecule has 6 heteroatoms. The van der Waals surface area contributed by atoms with E-state index in [4.69, 9.17) is 14.2 Å². The molecule has 180 valence electrons. The summed E-state index contributed by atoms with van der Waals surface area (Å²) < 4.78 is 16.7. The summed E-state index contributed by atoms with van der Waals surface area (Å²) in [5, 5.41) is 0. The summed E-state index contributed by atoms with van der Waals surface area (Å²) in [6.07, 6.45) is 5.65. The fraction of sp³-hybridized carbons (Fsp3) is 0.731. The molecule has 0 saturated heterocycles. The number of carbonyl (C=O) groups excluding carboxylic acids is 3. The van der Waals surface area contributed by atoms with Gasteiger partial charge in [0.15, 0.2) is 6.10 Å². The van der Waals surface area contributed by atoms with Crippen LogP contribution in [-0.2, 0) is 28.6 Å². The monoisotopic (exact) mass is 448 g/mol. The minimum Gasteiger partial charge on any atom is -0.462 e. The summed E-state index contributed by atoms with van der Waals surface area (Å²) in [5.41, 5.74) is 3.21. The third kappa shape index (κ3) is 5.81. The summed E-state index contributed by atoms with van der Waals surface area (Å²) in [4.78, 5) is 35.1. The summed E-state index contributed by atoms with van der Waals surface area (Å²) in [5.74, 6) is -0.974. The molecule has 2 aliphatic carbocycles. The van der Waals surface area contributed by atoms with Gasteiger partial charge in [-0.2, -0.15) is 0 Å². The van der Waals surface area contributed by atoms with Crippen LogP contribution in [0.4, 0.5) is 0 Å². The molecule has 2 aliphatic rings. The maximum Gasteiger partial charge on any atom is 0.303 e. The predicted molar refractivity (Wildman–Crippen MR) is 123 cm³/mol. The number of carbonyl (C=O) groups is 3. The number of hydrogen-bond donors (Lipinski definition) is 0. The largest absolute Gasteiger partial charge is 0.462 e. The Hall–Kier alpha value is -2.11. The summed E-state index contributed by atoms with van der Waals surface area (Å²) >= 11 is 0. The third-order valence-corrected chi connectivity index (χ3v) is 7.35. The van der Waals surface area contributed by atoms with Gasteiger partial charge in [-0.05, 0) is 62.0 Å². The molecule has 0 heterocycles. The highest BCUT2D eigenvalue weighted by molar-refractivity contribution is 5.68. The fourth-order valence-corrected chi connectivity index (χ4v) is 6.14. The first kappa shape index (κ1) is 26.1. The van der Waals surface area contributed by atoms with E-state index in [1.54, 1.807) is 0 Å². The molecule has 0 spiro atoms. The van der Waals surface area contributed by atoms with Crippen LogP contribution in [0.15, 0.2) is 22.8 Å².